The van der Waals surface area contributed by atoms with Gasteiger partial charge >= 0.3 is 13.4 Å². The molecule has 0 saturated carbocycles. The minimum absolute atomic E-state index is 0.0792. The van der Waals surface area contributed by atoms with Gasteiger partial charge in [-0.05, 0) is 12.0 Å². The van der Waals surface area contributed by atoms with E-state index in [1.807, 2.05) is 26.0 Å². The summed E-state index contributed by atoms with van der Waals surface area (Å²) in [6.07, 6.45) is 3.53. The van der Waals surface area contributed by atoms with Crippen LogP contribution in [0.2, 0.25) is 0 Å². The van der Waals surface area contributed by atoms with Crippen molar-refractivity contribution in [3.05, 3.63) is 40.0 Å². The molecule has 0 N–H and O–H groups in total. The molecule has 0 bridgehead atoms. The van der Waals surface area contributed by atoms with Crippen molar-refractivity contribution >= 4 is 13.4 Å². The Kier molecular flexibility index (Phi) is 9.84. The van der Waals surface area contributed by atoms with E-state index in [1.54, 1.807) is 13.2 Å². The minimum Gasteiger partial charge on any atom is -0.496 e. The maximum absolute atomic E-state index is 11.4. The van der Waals surface area contributed by atoms with E-state index in [-0.39, 0.29) is 23.3 Å². The number of methoxy groups -OCH3 is 3. The molecular weight excluding hydrogens is 353 g/mol. The molecule has 0 aliphatic rings. The van der Waals surface area contributed by atoms with E-state index in [4.69, 9.17) is 23.5 Å². The number of rotatable bonds is 12. The maximum Gasteiger partial charge on any atom is 0.487 e. The highest BCUT2D eigenvalue weighted by Crippen LogP contribution is 2.42. The van der Waals surface area contributed by atoms with Crippen molar-refractivity contribution in [3.8, 4) is 11.5 Å². The highest BCUT2D eigenvalue weighted by molar-refractivity contribution is 6.17. The van der Waals surface area contributed by atoms with Crippen molar-refractivity contribution in [3.63, 3.8) is 0 Å². The summed E-state index contributed by atoms with van der Waals surface area (Å²) in [6.45, 7) is 4.44. The Labute approximate surface area is 160 Å². The van der Waals surface area contributed by atoms with Crippen LogP contribution in [-0.2, 0) is 14.0 Å². The molecule has 0 amide bonds. The van der Waals surface area contributed by atoms with Crippen LogP contribution in [0.4, 0.5) is 5.69 Å². The van der Waals surface area contributed by atoms with E-state index in [2.05, 4.69) is 0 Å². The number of benzene rings is 1. The first-order valence-corrected chi connectivity index (χ1v) is 8.47. The number of hydrogen-bond donors (Lipinski definition) is 0. The predicted octanol–water partition coefficient (Wildman–Crippen LogP) is 3.33. The summed E-state index contributed by atoms with van der Waals surface area (Å²) in [5, 5.41) is 11.4. The Hall–Kier alpha value is -2.10. The van der Waals surface area contributed by atoms with Gasteiger partial charge in [-0.15, -0.1) is 0 Å². The van der Waals surface area contributed by atoms with Gasteiger partial charge in [0.2, 0.25) is 5.75 Å². The van der Waals surface area contributed by atoms with E-state index in [0.717, 1.165) is 0 Å². The van der Waals surface area contributed by atoms with E-state index in [0.29, 0.717) is 17.9 Å². The third kappa shape index (κ3) is 6.53. The van der Waals surface area contributed by atoms with E-state index < -0.39 is 11.0 Å². The average Bonchev–Trinajstić information content (AvgIpc) is 2.66. The molecule has 1 rings (SSSR count). The van der Waals surface area contributed by atoms with Crippen molar-refractivity contribution in [2.24, 2.45) is 11.8 Å². The second-order valence-corrected chi connectivity index (χ2v) is 6.07. The van der Waals surface area contributed by atoms with Crippen LogP contribution in [0, 0.1) is 22.0 Å². The molecule has 3 atom stereocenters. The molecule has 9 heteroatoms. The zero-order valence-electron chi connectivity index (χ0n) is 16.6. The van der Waals surface area contributed by atoms with Gasteiger partial charge < -0.3 is 23.5 Å². The third-order valence-corrected chi connectivity index (χ3v) is 4.01. The first-order chi connectivity index (χ1) is 12.9. The van der Waals surface area contributed by atoms with Crippen LogP contribution < -0.4 is 9.47 Å². The largest absolute Gasteiger partial charge is 0.496 e. The molecule has 0 aromatic heterocycles. The lowest BCUT2D eigenvalue weighted by Gasteiger charge is -2.23. The van der Waals surface area contributed by atoms with Crippen LogP contribution in [0.25, 0.3) is 0 Å². The SMILES string of the molecule is CO[B]OC[C@@H](C)/C=C/[C@@H](C)[C@H](OC)c1cc(OC)cc([N+](=O)[O-])c1OC. The Morgan fingerprint density at radius 1 is 1.15 bits per heavy atom. The lowest BCUT2D eigenvalue weighted by Crippen LogP contribution is -2.14. The highest BCUT2D eigenvalue weighted by atomic mass is 16.6. The van der Waals surface area contributed by atoms with Crippen LogP contribution in [0.15, 0.2) is 24.3 Å². The van der Waals surface area contributed by atoms with Crippen LogP contribution in [0.5, 0.6) is 11.5 Å². The Morgan fingerprint density at radius 3 is 2.37 bits per heavy atom. The molecule has 0 heterocycles. The summed E-state index contributed by atoms with van der Waals surface area (Å²) in [5.74, 6) is 0.605. The molecule has 0 saturated heterocycles. The average molecular weight is 380 g/mol. The Balaban J connectivity index is 3.12. The molecule has 0 spiro atoms. The van der Waals surface area contributed by atoms with Gasteiger partial charge in [0.1, 0.15) is 5.75 Å². The third-order valence-electron chi connectivity index (χ3n) is 4.01. The zero-order valence-corrected chi connectivity index (χ0v) is 16.6. The molecule has 8 nitrogen and oxygen atoms in total. The number of nitrogens with zero attached hydrogens (tertiary/aromatic N) is 1. The van der Waals surface area contributed by atoms with Crippen LogP contribution in [0.3, 0.4) is 0 Å². The summed E-state index contributed by atoms with van der Waals surface area (Å²) in [4.78, 5) is 10.9. The minimum atomic E-state index is -0.496. The van der Waals surface area contributed by atoms with Crippen LogP contribution >= 0.6 is 0 Å². The maximum atomic E-state index is 11.4. The van der Waals surface area contributed by atoms with Gasteiger partial charge in [0.25, 0.3) is 0 Å². The molecule has 0 fully saturated rings. The summed E-state index contributed by atoms with van der Waals surface area (Å²) in [5.41, 5.74) is 0.391. The fourth-order valence-electron chi connectivity index (χ4n) is 2.70. The molecule has 1 aromatic rings. The molecule has 149 valence electrons. The molecular formula is C18H27BNO7. The topological polar surface area (TPSA) is 89.3 Å². The smallest absolute Gasteiger partial charge is 0.487 e. The first-order valence-electron chi connectivity index (χ1n) is 8.47. The molecule has 1 aromatic carbocycles. The van der Waals surface area contributed by atoms with Crippen molar-refractivity contribution in [2.45, 2.75) is 20.0 Å². The normalized spacial score (nSPS) is 14.6. The molecule has 0 aliphatic carbocycles. The Bertz CT molecular complexity index is 638. The molecule has 0 unspecified atom stereocenters. The van der Waals surface area contributed by atoms with Gasteiger partial charge in [0, 0.05) is 32.3 Å². The molecule has 0 aliphatic heterocycles. The molecule has 27 heavy (non-hydrogen) atoms. The monoisotopic (exact) mass is 380 g/mol. The second kappa shape index (κ2) is 11.6. The van der Waals surface area contributed by atoms with E-state index in [9.17, 15) is 10.1 Å². The highest BCUT2D eigenvalue weighted by Gasteiger charge is 2.28. The van der Waals surface area contributed by atoms with Gasteiger partial charge in [-0.3, -0.25) is 10.1 Å². The lowest BCUT2D eigenvalue weighted by molar-refractivity contribution is -0.385. The van der Waals surface area contributed by atoms with Gasteiger partial charge in [-0.1, -0.05) is 26.0 Å². The van der Waals surface area contributed by atoms with Crippen LogP contribution in [0.1, 0.15) is 25.5 Å². The van der Waals surface area contributed by atoms with Crippen molar-refractivity contribution in [1.82, 2.24) is 0 Å². The van der Waals surface area contributed by atoms with Gasteiger partial charge in [-0.25, -0.2) is 0 Å². The fraction of sp³-hybridized carbons (Fsp3) is 0.556. The van der Waals surface area contributed by atoms with Crippen molar-refractivity contribution in [1.29, 1.82) is 0 Å². The standard InChI is InChI=1S/C18H27BNO7/c1-12(11-27-19-26-6)7-8-13(2)17(24-4)15-9-14(23-3)10-16(20(21)22)18(15)25-5/h7-10,12-13,17H,11H2,1-6H3/b8-7+/t12-,13+,17-/m0/s1. The van der Waals surface area contributed by atoms with Gasteiger partial charge in [0.05, 0.1) is 31.3 Å². The quantitative estimate of drug-likeness (QED) is 0.181. The first kappa shape index (κ1) is 22.9. The number of ether oxygens (including phenoxy) is 3. The molecule has 1 radical (unpaired) electrons. The Morgan fingerprint density at radius 2 is 1.85 bits per heavy atom. The van der Waals surface area contributed by atoms with E-state index in [1.165, 1.54) is 35.1 Å². The summed E-state index contributed by atoms with van der Waals surface area (Å²) < 4.78 is 26.1. The predicted molar refractivity (Wildman–Crippen MR) is 102 cm³/mol. The summed E-state index contributed by atoms with van der Waals surface area (Å²) in [6, 6.07) is 3.03. The zero-order chi connectivity index (χ0) is 20.4. The second-order valence-electron chi connectivity index (χ2n) is 6.07. The number of hydrogen-bond acceptors (Lipinski definition) is 7. The summed E-state index contributed by atoms with van der Waals surface area (Å²) in [7, 11) is 7.22. The van der Waals surface area contributed by atoms with Gasteiger partial charge in [-0.2, -0.15) is 0 Å². The van der Waals surface area contributed by atoms with E-state index >= 15 is 0 Å². The van der Waals surface area contributed by atoms with Crippen molar-refractivity contribution in [2.75, 3.05) is 35.0 Å². The van der Waals surface area contributed by atoms with Crippen molar-refractivity contribution < 1.29 is 28.4 Å². The number of nitro groups is 1. The van der Waals surface area contributed by atoms with Gasteiger partial charge in [0.15, 0.2) is 0 Å². The lowest BCUT2D eigenvalue weighted by atomic mass is 9.94. The fourth-order valence-corrected chi connectivity index (χ4v) is 2.70. The number of nitro benzene ring substituents is 1. The van der Waals surface area contributed by atoms with Crippen LogP contribution in [-0.4, -0.2) is 47.7 Å². The summed E-state index contributed by atoms with van der Waals surface area (Å²) >= 11 is 0.